The number of aromatic amines is 1. The van der Waals surface area contributed by atoms with E-state index in [0.29, 0.717) is 16.4 Å². The Morgan fingerprint density at radius 1 is 1.28 bits per heavy atom. The van der Waals surface area contributed by atoms with Crippen molar-refractivity contribution < 1.29 is 22.7 Å². The molecule has 3 aromatic heterocycles. The maximum atomic E-state index is 12.1. The van der Waals surface area contributed by atoms with Gasteiger partial charge in [0, 0.05) is 35.1 Å². The molecule has 25 heavy (non-hydrogen) atoms. The van der Waals surface area contributed by atoms with Gasteiger partial charge in [0.2, 0.25) is 5.88 Å². The van der Waals surface area contributed by atoms with Crippen molar-refractivity contribution in [1.82, 2.24) is 20.3 Å². The Bertz CT molecular complexity index is 927. The summed E-state index contributed by atoms with van der Waals surface area (Å²) in [7, 11) is 0. The molecule has 3 rings (SSSR count). The summed E-state index contributed by atoms with van der Waals surface area (Å²) in [6, 6.07) is 6.54. The number of ether oxygens (including phenoxy) is 1. The van der Waals surface area contributed by atoms with E-state index in [2.05, 4.69) is 15.0 Å². The van der Waals surface area contributed by atoms with Crippen LogP contribution in [0.15, 0.2) is 36.7 Å². The Kier molecular flexibility index (Phi) is 4.49. The van der Waals surface area contributed by atoms with Gasteiger partial charge in [-0.3, -0.25) is 0 Å². The molecule has 0 atom stereocenters. The molecule has 0 bridgehead atoms. The number of nitrogens with zero attached hydrogens (tertiary/aromatic N) is 2. The van der Waals surface area contributed by atoms with Crippen LogP contribution in [-0.2, 0) is 0 Å². The van der Waals surface area contributed by atoms with E-state index in [1.807, 2.05) is 6.07 Å². The van der Waals surface area contributed by atoms with Gasteiger partial charge in [-0.25, -0.2) is 14.8 Å². The second kappa shape index (κ2) is 6.60. The van der Waals surface area contributed by atoms with Crippen molar-refractivity contribution in [2.24, 2.45) is 0 Å². The van der Waals surface area contributed by atoms with Crippen LogP contribution in [0, 0.1) is 0 Å². The van der Waals surface area contributed by atoms with E-state index in [4.69, 9.17) is 16.3 Å². The summed E-state index contributed by atoms with van der Waals surface area (Å²) in [5.74, 6) is -0.132. The zero-order chi connectivity index (χ0) is 18.0. The van der Waals surface area contributed by atoms with Crippen LogP contribution in [0.2, 0.25) is 5.15 Å². The van der Waals surface area contributed by atoms with Gasteiger partial charge < -0.3 is 15.0 Å². The average Bonchev–Trinajstić information content (AvgIpc) is 2.96. The second-order valence-electron chi connectivity index (χ2n) is 5.02. The Morgan fingerprint density at radius 2 is 2.08 bits per heavy atom. The molecule has 0 aromatic carbocycles. The number of carbonyl (C=O) groups is 1. The SMILES string of the molecule is O=C(NCC(F)(F)F)Oc1cc(-c2cc3cnc(Cl)cc3[nH]2)ccn1. The van der Waals surface area contributed by atoms with Gasteiger partial charge in [0.05, 0.1) is 5.52 Å². The van der Waals surface area contributed by atoms with Gasteiger partial charge in [-0.15, -0.1) is 0 Å². The van der Waals surface area contributed by atoms with Crippen LogP contribution < -0.4 is 10.1 Å². The standard InChI is InChI=1S/C15H10ClF3N4O2/c16-12-5-11-9(6-21-12)3-10(23-11)8-1-2-20-13(4-8)25-14(24)22-7-15(17,18)19/h1-6,23H,7H2,(H,22,24). The maximum absolute atomic E-state index is 12.1. The smallest absolute Gasteiger partial charge is 0.391 e. The van der Waals surface area contributed by atoms with Crippen molar-refractivity contribution in [2.75, 3.05) is 6.54 Å². The number of amides is 1. The lowest BCUT2D eigenvalue weighted by molar-refractivity contribution is -0.123. The zero-order valence-electron chi connectivity index (χ0n) is 12.4. The number of halogens is 4. The van der Waals surface area contributed by atoms with Crippen molar-refractivity contribution in [3.05, 3.63) is 41.8 Å². The number of hydrogen-bond acceptors (Lipinski definition) is 4. The molecule has 3 heterocycles. The molecule has 0 saturated heterocycles. The fourth-order valence-electron chi connectivity index (χ4n) is 2.09. The van der Waals surface area contributed by atoms with Crippen LogP contribution in [0.4, 0.5) is 18.0 Å². The van der Waals surface area contributed by atoms with Gasteiger partial charge in [-0.1, -0.05) is 11.6 Å². The Morgan fingerprint density at radius 3 is 2.84 bits per heavy atom. The largest absolute Gasteiger partial charge is 0.414 e. The van der Waals surface area contributed by atoms with E-state index in [0.717, 1.165) is 10.9 Å². The molecule has 6 nitrogen and oxygen atoms in total. The number of carbonyl (C=O) groups excluding carboxylic acids is 1. The Labute approximate surface area is 144 Å². The molecule has 130 valence electrons. The second-order valence-corrected chi connectivity index (χ2v) is 5.41. The van der Waals surface area contributed by atoms with E-state index in [1.54, 1.807) is 23.6 Å². The molecule has 10 heteroatoms. The molecule has 0 unspecified atom stereocenters. The first-order valence-corrected chi connectivity index (χ1v) is 7.31. The van der Waals surface area contributed by atoms with E-state index < -0.39 is 18.8 Å². The van der Waals surface area contributed by atoms with Crippen LogP contribution in [0.25, 0.3) is 22.2 Å². The van der Waals surface area contributed by atoms with E-state index in [9.17, 15) is 18.0 Å². The highest BCUT2D eigenvalue weighted by Gasteiger charge is 2.28. The lowest BCUT2D eigenvalue weighted by atomic mass is 10.2. The number of hydrogen-bond donors (Lipinski definition) is 2. The van der Waals surface area contributed by atoms with Crippen molar-refractivity contribution in [2.45, 2.75) is 6.18 Å². The Hall–Kier alpha value is -2.81. The van der Waals surface area contributed by atoms with Crippen LogP contribution in [0.1, 0.15) is 0 Å². The predicted octanol–water partition coefficient (Wildman–Crippen LogP) is 3.93. The van der Waals surface area contributed by atoms with Gasteiger partial charge in [-0.05, 0) is 18.2 Å². The molecule has 3 aromatic rings. The summed E-state index contributed by atoms with van der Waals surface area (Å²) < 4.78 is 41.0. The molecule has 0 radical (unpaired) electrons. The number of aromatic nitrogens is 3. The molecule has 0 fully saturated rings. The molecule has 0 spiro atoms. The third kappa shape index (κ3) is 4.38. The summed E-state index contributed by atoms with van der Waals surface area (Å²) in [6.45, 7) is -1.48. The van der Waals surface area contributed by atoms with Crippen LogP contribution in [-0.4, -0.2) is 33.8 Å². The quantitative estimate of drug-likeness (QED) is 0.685. The van der Waals surface area contributed by atoms with Gasteiger partial charge in [0.15, 0.2) is 0 Å². The molecule has 0 aliphatic carbocycles. The number of rotatable bonds is 3. The minimum atomic E-state index is -4.52. The molecule has 2 N–H and O–H groups in total. The maximum Gasteiger partial charge on any atom is 0.414 e. The first-order chi connectivity index (χ1) is 11.8. The Balaban J connectivity index is 1.77. The average molecular weight is 371 g/mol. The monoisotopic (exact) mass is 370 g/mol. The minimum absolute atomic E-state index is 0.132. The van der Waals surface area contributed by atoms with Crippen molar-refractivity contribution in [3.8, 4) is 17.1 Å². The number of nitrogens with one attached hydrogen (secondary N) is 2. The molecular formula is C15H10ClF3N4O2. The number of alkyl halides is 3. The summed E-state index contributed by atoms with van der Waals surface area (Å²) in [6.07, 6.45) is -2.79. The summed E-state index contributed by atoms with van der Waals surface area (Å²) in [5.41, 5.74) is 2.07. The van der Waals surface area contributed by atoms with E-state index in [-0.39, 0.29) is 5.88 Å². The normalized spacial score (nSPS) is 11.5. The molecule has 0 saturated carbocycles. The molecular weight excluding hydrogens is 361 g/mol. The lowest BCUT2D eigenvalue weighted by Crippen LogP contribution is -2.35. The fraction of sp³-hybridized carbons (Fsp3) is 0.133. The predicted molar refractivity (Wildman–Crippen MR) is 84.4 cm³/mol. The van der Waals surface area contributed by atoms with Crippen molar-refractivity contribution in [1.29, 1.82) is 0 Å². The summed E-state index contributed by atoms with van der Waals surface area (Å²) >= 11 is 5.83. The molecule has 1 amide bonds. The lowest BCUT2D eigenvalue weighted by Gasteiger charge is -2.08. The number of pyridine rings is 2. The highest BCUT2D eigenvalue weighted by molar-refractivity contribution is 6.30. The fourth-order valence-corrected chi connectivity index (χ4v) is 2.25. The highest BCUT2D eigenvalue weighted by Crippen LogP contribution is 2.26. The number of H-pyrrole nitrogens is 1. The van der Waals surface area contributed by atoms with Gasteiger partial charge in [0.1, 0.15) is 11.7 Å². The third-order valence-electron chi connectivity index (χ3n) is 3.15. The first kappa shape index (κ1) is 17.0. The van der Waals surface area contributed by atoms with Crippen molar-refractivity contribution >= 4 is 28.6 Å². The highest BCUT2D eigenvalue weighted by atomic mass is 35.5. The molecule has 0 aliphatic heterocycles. The van der Waals surface area contributed by atoms with E-state index in [1.165, 1.54) is 12.3 Å². The van der Waals surface area contributed by atoms with E-state index >= 15 is 0 Å². The van der Waals surface area contributed by atoms with Crippen LogP contribution in [0.5, 0.6) is 5.88 Å². The van der Waals surface area contributed by atoms with Crippen LogP contribution in [0.3, 0.4) is 0 Å². The number of fused-ring (bicyclic) bond motifs is 1. The first-order valence-electron chi connectivity index (χ1n) is 6.93. The summed E-state index contributed by atoms with van der Waals surface area (Å²) in [4.78, 5) is 22.3. The van der Waals surface area contributed by atoms with Gasteiger partial charge >= 0.3 is 12.3 Å². The minimum Gasteiger partial charge on any atom is -0.391 e. The summed E-state index contributed by atoms with van der Waals surface area (Å²) in [5, 5.41) is 2.76. The topological polar surface area (TPSA) is 79.9 Å². The third-order valence-corrected chi connectivity index (χ3v) is 3.35. The van der Waals surface area contributed by atoms with Crippen LogP contribution >= 0.6 is 11.6 Å². The van der Waals surface area contributed by atoms with Gasteiger partial charge in [0.25, 0.3) is 0 Å². The van der Waals surface area contributed by atoms with Gasteiger partial charge in [-0.2, -0.15) is 13.2 Å². The van der Waals surface area contributed by atoms with Crippen molar-refractivity contribution in [3.63, 3.8) is 0 Å². The zero-order valence-corrected chi connectivity index (χ0v) is 13.1. The molecule has 0 aliphatic rings.